The molecule has 0 saturated heterocycles. The number of rotatable bonds is 6. The van der Waals surface area contributed by atoms with Crippen LogP contribution in [0.5, 0.6) is 0 Å². The van der Waals surface area contributed by atoms with Crippen molar-refractivity contribution in [3.63, 3.8) is 0 Å². The molecular formula is C16H17N3O5. The Morgan fingerprint density at radius 3 is 2.38 bits per heavy atom. The summed E-state index contributed by atoms with van der Waals surface area (Å²) in [7, 11) is 0. The van der Waals surface area contributed by atoms with E-state index in [0.29, 0.717) is 5.69 Å². The van der Waals surface area contributed by atoms with Gasteiger partial charge in [0.15, 0.2) is 5.76 Å². The number of nitro groups is 1. The monoisotopic (exact) mass is 331 g/mol. The highest BCUT2D eigenvalue weighted by molar-refractivity contribution is 5.92. The average molecular weight is 331 g/mol. The third-order valence-corrected chi connectivity index (χ3v) is 3.19. The maximum absolute atomic E-state index is 11.9. The van der Waals surface area contributed by atoms with Gasteiger partial charge in [-0.3, -0.25) is 19.7 Å². The van der Waals surface area contributed by atoms with Crippen molar-refractivity contribution in [2.75, 3.05) is 5.32 Å². The molecule has 8 nitrogen and oxygen atoms in total. The first-order valence-electron chi connectivity index (χ1n) is 7.29. The topological polar surface area (TPSA) is 114 Å². The van der Waals surface area contributed by atoms with E-state index in [1.165, 1.54) is 6.07 Å². The third-order valence-electron chi connectivity index (χ3n) is 3.19. The minimum Gasteiger partial charge on any atom is -0.395 e. The molecule has 0 atom stereocenters. The summed E-state index contributed by atoms with van der Waals surface area (Å²) in [6.07, 6.45) is 0. The van der Waals surface area contributed by atoms with Crippen molar-refractivity contribution in [1.29, 1.82) is 0 Å². The van der Waals surface area contributed by atoms with Crippen LogP contribution < -0.4 is 10.6 Å². The SMILES string of the molecule is CC(C)C(=O)Nc1ccc(CNC(=O)c2ccc([N+](=O)[O-])o2)cc1. The molecule has 0 saturated carbocycles. The second-order valence-electron chi connectivity index (χ2n) is 5.42. The number of hydrogen-bond acceptors (Lipinski definition) is 5. The van der Waals surface area contributed by atoms with Crippen LogP contribution in [0.2, 0.25) is 0 Å². The van der Waals surface area contributed by atoms with Crippen molar-refractivity contribution < 1.29 is 18.9 Å². The lowest BCUT2D eigenvalue weighted by atomic mass is 10.1. The van der Waals surface area contributed by atoms with Crippen molar-refractivity contribution in [3.05, 3.63) is 57.8 Å². The number of benzene rings is 1. The van der Waals surface area contributed by atoms with Crippen LogP contribution in [-0.4, -0.2) is 16.7 Å². The normalized spacial score (nSPS) is 10.5. The highest BCUT2D eigenvalue weighted by atomic mass is 16.6. The van der Waals surface area contributed by atoms with Gasteiger partial charge in [-0.25, -0.2) is 0 Å². The molecule has 2 amide bonds. The minimum atomic E-state index is -0.707. The molecule has 8 heteroatoms. The molecule has 1 aromatic carbocycles. The molecule has 2 N–H and O–H groups in total. The molecule has 0 fully saturated rings. The van der Waals surface area contributed by atoms with Crippen molar-refractivity contribution in [1.82, 2.24) is 5.32 Å². The van der Waals surface area contributed by atoms with Gasteiger partial charge in [0, 0.05) is 18.2 Å². The fourth-order valence-corrected chi connectivity index (χ4v) is 1.81. The van der Waals surface area contributed by atoms with Gasteiger partial charge in [0.05, 0.1) is 6.07 Å². The number of nitrogens with zero attached hydrogens (tertiary/aromatic N) is 1. The van der Waals surface area contributed by atoms with E-state index < -0.39 is 16.7 Å². The van der Waals surface area contributed by atoms with E-state index >= 15 is 0 Å². The fourth-order valence-electron chi connectivity index (χ4n) is 1.81. The van der Waals surface area contributed by atoms with Gasteiger partial charge in [0.1, 0.15) is 4.92 Å². The highest BCUT2D eigenvalue weighted by Crippen LogP contribution is 2.16. The molecule has 0 unspecified atom stereocenters. The maximum atomic E-state index is 11.9. The number of amides is 2. The Balaban J connectivity index is 1.90. The molecule has 0 aliphatic heterocycles. The van der Waals surface area contributed by atoms with E-state index in [4.69, 9.17) is 4.42 Å². The lowest BCUT2D eigenvalue weighted by Gasteiger charge is -2.09. The lowest BCUT2D eigenvalue weighted by Crippen LogP contribution is -2.22. The molecule has 1 heterocycles. The van der Waals surface area contributed by atoms with Crippen LogP contribution in [0.1, 0.15) is 30.0 Å². The zero-order valence-electron chi connectivity index (χ0n) is 13.2. The first-order chi connectivity index (χ1) is 11.4. The van der Waals surface area contributed by atoms with Crippen molar-refractivity contribution in [3.8, 4) is 0 Å². The summed E-state index contributed by atoms with van der Waals surface area (Å²) in [6.45, 7) is 3.84. The summed E-state index contributed by atoms with van der Waals surface area (Å²) in [5, 5.41) is 15.9. The van der Waals surface area contributed by atoms with Crippen LogP contribution >= 0.6 is 0 Å². The van der Waals surface area contributed by atoms with Crippen LogP contribution in [0.4, 0.5) is 11.6 Å². The van der Waals surface area contributed by atoms with E-state index in [1.54, 1.807) is 38.1 Å². The molecule has 2 rings (SSSR count). The number of anilines is 1. The second kappa shape index (κ2) is 7.40. The molecule has 0 radical (unpaired) electrons. The number of nitrogens with one attached hydrogen (secondary N) is 2. The molecule has 2 aromatic rings. The molecule has 0 spiro atoms. The van der Waals surface area contributed by atoms with Gasteiger partial charge in [0.25, 0.3) is 5.91 Å². The predicted octanol–water partition coefficient (Wildman–Crippen LogP) is 2.71. The smallest absolute Gasteiger partial charge is 0.395 e. The Hall–Kier alpha value is -3.16. The molecule has 1 aromatic heterocycles. The van der Waals surface area contributed by atoms with Crippen molar-refractivity contribution in [2.45, 2.75) is 20.4 Å². The second-order valence-corrected chi connectivity index (χ2v) is 5.42. The zero-order valence-corrected chi connectivity index (χ0v) is 13.2. The fraction of sp³-hybridized carbons (Fsp3) is 0.250. The highest BCUT2D eigenvalue weighted by Gasteiger charge is 2.16. The maximum Gasteiger partial charge on any atom is 0.433 e. The van der Waals surface area contributed by atoms with Gasteiger partial charge in [-0.1, -0.05) is 26.0 Å². The molecule has 0 aliphatic carbocycles. The largest absolute Gasteiger partial charge is 0.433 e. The van der Waals surface area contributed by atoms with Crippen LogP contribution in [0.3, 0.4) is 0 Å². The Bertz CT molecular complexity index is 749. The van der Waals surface area contributed by atoms with Crippen LogP contribution in [-0.2, 0) is 11.3 Å². The Morgan fingerprint density at radius 2 is 1.83 bits per heavy atom. The quantitative estimate of drug-likeness (QED) is 0.624. The predicted molar refractivity (Wildman–Crippen MR) is 86.4 cm³/mol. The van der Waals surface area contributed by atoms with E-state index in [0.717, 1.165) is 11.6 Å². The Morgan fingerprint density at radius 1 is 1.17 bits per heavy atom. The van der Waals surface area contributed by atoms with Crippen LogP contribution in [0, 0.1) is 16.0 Å². The first-order valence-corrected chi connectivity index (χ1v) is 7.29. The standard InChI is InChI=1S/C16H17N3O5/c1-10(2)15(20)18-12-5-3-11(4-6-12)9-17-16(21)13-7-8-14(24-13)19(22)23/h3-8,10H,9H2,1-2H3,(H,17,21)(H,18,20). The summed E-state index contributed by atoms with van der Waals surface area (Å²) in [5.41, 5.74) is 1.48. The molecular weight excluding hydrogens is 314 g/mol. The average Bonchev–Trinajstić information content (AvgIpc) is 3.04. The van der Waals surface area contributed by atoms with Crippen LogP contribution in [0.25, 0.3) is 0 Å². The van der Waals surface area contributed by atoms with Gasteiger partial charge >= 0.3 is 5.88 Å². The number of carbonyl (C=O) groups is 2. The summed E-state index contributed by atoms with van der Waals surface area (Å²) in [5.74, 6) is -1.33. The Kier molecular flexibility index (Phi) is 5.31. The first kappa shape index (κ1) is 17.2. The van der Waals surface area contributed by atoms with Crippen LogP contribution in [0.15, 0.2) is 40.8 Å². The number of carbonyl (C=O) groups excluding carboxylic acids is 2. The summed E-state index contributed by atoms with van der Waals surface area (Å²) < 4.78 is 4.82. The minimum absolute atomic E-state index is 0.0736. The lowest BCUT2D eigenvalue weighted by molar-refractivity contribution is -0.402. The van der Waals surface area contributed by atoms with Gasteiger partial charge in [-0.05, 0) is 23.8 Å². The Labute approximate surface area is 138 Å². The molecule has 24 heavy (non-hydrogen) atoms. The van der Waals surface area contributed by atoms with E-state index in [-0.39, 0.29) is 24.1 Å². The van der Waals surface area contributed by atoms with Gasteiger partial charge in [0.2, 0.25) is 5.91 Å². The number of hydrogen-bond donors (Lipinski definition) is 2. The summed E-state index contributed by atoms with van der Waals surface area (Å²) in [4.78, 5) is 33.3. The van der Waals surface area contributed by atoms with Crippen molar-refractivity contribution in [2.24, 2.45) is 5.92 Å². The van der Waals surface area contributed by atoms with E-state index in [1.807, 2.05) is 0 Å². The summed E-state index contributed by atoms with van der Waals surface area (Å²) >= 11 is 0. The van der Waals surface area contributed by atoms with E-state index in [2.05, 4.69) is 10.6 Å². The van der Waals surface area contributed by atoms with Gasteiger partial charge < -0.3 is 15.1 Å². The zero-order chi connectivity index (χ0) is 17.7. The molecule has 0 aliphatic rings. The van der Waals surface area contributed by atoms with E-state index in [9.17, 15) is 19.7 Å². The van der Waals surface area contributed by atoms with Gasteiger partial charge in [-0.15, -0.1) is 0 Å². The number of furan rings is 1. The molecule has 0 bridgehead atoms. The van der Waals surface area contributed by atoms with Gasteiger partial charge in [-0.2, -0.15) is 0 Å². The summed E-state index contributed by atoms with van der Waals surface area (Å²) in [6, 6.07) is 9.37. The molecule has 126 valence electrons. The third kappa shape index (κ3) is 4.42. The van der Waals surface area contributed by atoms with Crippen molar-refractivity contribution >= 4 is 23.4 Å².